The maximum absolute atomic E-state index is 4.37. The molecule has 1 aliphatic rings. The van der Waals surface area contributed by atoms with Crippen molar-refractivity contribution in [1.82, 2.24) is 9.78 Å². The second-order valence-corrected chi connectivity index (χ2v) is 4.66. The molecule has 2 rings (SSSR count). The summed E-state index contributed by atoms with van der Waals surface area (Å²) in [5.41, 5.74) is 1.55. The van der Waals surface area contributed by atoms with Crippen LogP contribution >= 0.6 is 0 Å². The molecule has 0 bridgehead atoms. The monoisotopic (exact) mass is 164 g/mol. The van der Waals surface area contributed by atoms with Crippen molar-refractivity contribution in [2.75, 3.05) is 0 Å². The van der Waals surface area contributed by atoms with E-state index in [1.807, 2.05) is 6.20 Å². The summed E-state index contributed by atoms with van der Waals surface area (Å²) in [5.74, 6) is 0.820. The van der Waals surface area contributed by atoms with Crippen molar-refractivity contribution >= 4 is 0 Å². The van der Waals surface area contributed by atoms with E-state index in [4.69, 9.17) is 0 Å². The molecule has 1 aromatic heterocycles. The van der Waals surface area contributed by atoms with Crippen LogP contribution in [0.3, 0.4) is 0 Å². The van der Waals surface area contributed by atoms with Crippen LogP contribution in [0.15, 0.2) is 12.4 Å². The number of nitrogens with zero attached hydrogens (tertiary/aromatic N) is 2. The molecule has 0 aromatic carbocycles. The van der Waals surface area contributed by atoms with Gasteiger partial charge >= 0.3 is 0 Å². The van der Waals surface area contributed by atoms with Gasteiger partial charge in [-0.15, -0.1) is 0 Å². The third-order valence-corrected chi connectivity index (χ3v) is 2.34. The Kier molecular flexibility index (Phi) is 1.53. The lowest BCUT2D eigenvalue weighted by atomic mass is 10.1. The first-order valence-corrected chi connectivity index (χ1v) is 4.62. The van der Waals surface area contributed by atoms with Crippen LogP contribution in [-0.4, -0.2) is 9.78 Å². The zero-order valence-electron chi connectivity index (χ0n) is 8.04. The molecule has 1 aliphatic carbocycles. The molecule has 2 nitrogen and oxygen atoms in total. The Balaban J connectivity index is 2.23. The van der Waals surface area contributed by atoms with Crippen molar-refractivity contribution in [3.8, 4) is 0 Å². The van der Waals surface area contributed by atoms with Crippen molar-refractivity contribution in [1.29, 1.82) is 0 Å². The van der Waals surface area contributed by atoms with Gasteiger partial charge in [-0.1, -0.05) is 0 Å². The summed E-state index contributed by atoms with van der Waals surface area (Å²) < 4.78 is 2.06. The standard InChI is InChI=1S/C10H16N2/c1-10(2,3)12-7-9(6-11-12)8-4-5-8/h6-8H,4-5H2,1-3H3. The highest BCUT2D eigenvalue weighted by atomic mass is 15.3. The lowest BCUT2D eigenvalue weighted by Gasteiger charge is -2.18. The van der Waals surface area contributed by atoms with Crippen LogP contribution < -0.4 is 0 Å². The molecular formula is C10H16N2. The Bertz CT molecular complexity index is 276. The van der Waals surface area contributed by atoms with E-state index < -0.39 is 0 Å². The SMILES string of the molecule is CC(C)(C)n1cc(C2CC2)cn1. The lowest BCUT2D eigenvalue weighted by molar-refractivity contribution is 0.355. The molecule has 0 unspecified atom stereocenters. The molecule has 2 heteroatoms. The summed E-state index contributed by atoms with van der Waals surface area (Å²) >= 11 is 0. The van der Waals surface area contributed by atoms with Crippen molar-refractivity contribution in [2.45, 2.75) is 45.1 Å². The molecule has 0 saturated heterocycles. The molecule has 12 heavy (non-hydrogen) atoms. The van der Waals surface area contributed by atoms with Gasteiger partial charge in [0.15, 0.2) is 0 Å². The summed E-state index contributed by atoms with van der Waals surface area (Å²) in [4.78, 5) is 0. The minimum atomic E-state index is 0.132. The predicted molar refractivity (Wildman–Crippen MR) is 49.2 cm³/mol. The Morgan fingerprint density at radius 1 is 1.42 bits per heavy atom. The van der Waals surface area contributed by atoms with Crippen LogP contribution in [0.25, 0.3) is 0 Å². The van der Waals surface area contributed by atoms with E-state index in [1.54, 1.807) is 0 Å². The van der Waals surface area contributed by atoms with Gasteiger partial charge < -0.3 is 0 Å². The van der Waals surface area contributed by atoms with Gasteiger partial charge in [0.2, 0.25) is 0 Å². The Morgan fingerprint density at radius 2 is 2.08 bits per heavy atom. The topological polar surface area (TPSA) is 17.8 Å². The average molecular weight is 164 g/mol. The fourth-order valence-electron chi connectivity index (χ4n) is 1.33. The zero-order chi connectivity index (χ0) is 8.77. The van der Waals surface area contributed by atoms with Crippen LogP contribution in [0.4, 0.5) is 0 Å². The maximum atomic E-state index is 4.37. The van der Waals surface area contributed by atoms with Gasteiger partial charge in [0.25, 0.3) is 0 Å². The largest absolute Gasteiger partial charge is 0.267 e. The molecule has 0 radical (unpaired) electrons. The van der Waals surface area contributed by atoms with E-state index in [0.717, 1.165) is 5.92 Å². The van der Waals surface area contributed by atoms with E-state index in [2.05, 4.69) is 36.7 Å². The first kappa shape index (κ1) is 7.84. The predicted octanol–water partition coefficient (Wildman–Crippen LogP) is 2.52. The van der Waals surface area contributed by atoms with Gasteiger partial charge in [0.05, 0.1) is 11.7 Å². The first-order chi connectivity index (χ1) is 5.57. The van der Waals surface area contributed by atoms with Gasteiger partial charge in [-0.3, -0.25) is 4.68 Å². The van der Waals surface area contributed by atoms with Gasteiger partial charge in [-0.05, 0) is 45.1 Å². The molecule has 1 saturated carbocycles. The zero-order valence-corrected chi connectivity index (χ0v) is 8.04. The summed E-state index contributed by atoms with van der Waals surface area (Å²) in [7, 11) is 0. The van der Waals surface area contributed by atoms with Crippen molar-refractivity contribution < 1.29 is 0 Å². The molecule has 66 valence electrons. The third-order valence-electron chi connectivity index (χ3n) is 2.34. The van der Waals surface area contributed by atoms with E-state index in [0.29, 0.717) is 0 Å². The Labute approximate surface area is 73.6 Å². The number of hydrogen-bond donors (Lipinski definition) is 0. The van der Waals surface area contributed by atoms with Gasteiger partial charge in [0, 0.05) is 6.20 Å². The molecule has 1 aromatic rings. The van der Waals surface area contributed by atoms with Crippen molar-refractivity contribution in [2.24, 2.45) is 0 Å². The first-order valence-electron chi connectivity index (χ1n) is 4.62. The third kappa shape index (κ3) is 1.38. The molecule has 1 fully saturated rings. The van der Waals surface area contributed by atoms with Crippen LogP contribution in [-0.2, 0) is 5.54 Å². The molecule has 0 N–H and O–H groups in total. The van der Waals surface area contributed by atoms with Crippen LogP contribution in [0, 0.1) is 0 Å². The number of rotatable bonds is 1. The van der Waals surface area contributed by atoms with Gasteiger partial charge in [-0.2, -0.15) is 5.10 Å². The normalized spacial score (nSPS) is 18.2. The van der Waals surface area contributed by atoms with E-state index in [-0.39, 0.29) is 5.54 Å². The van der Waals surface area contributed by atoms with Crippen LogP contribution in [0.1, 0.15) is 45.1 Å². The summed E-state index contributed by atoms with van der Waals surface area (Å²) in [5, 5.41) is 4.37. The highest BCUT2D eigenvalue weighted by molar-refractivity contribution is 5.17. The quantitative estimate of drug-likeness (QED) is 0.623. The molecule has 0 spiro atoms. The average Bonchev–Trinajstić information content (AvgIpc) is 2.66. The Hall–Kier alpha value is -0.790. The van der Waals surface area contributed by atoms with Gasteiger partial charge in [0.1, 0.15) is 0 Å². The van der Waals surface area contributed by atoms with Crippen LogP contribution in [0.2, 0.25) is 0 Å². The van der Waals surface area contributed by atoms with Crippen LogP contribution in [0.5, 0.6) is 0 Å². The Morgan fingerprint density at radius 3 is 2.50 bits per heavy atom. The summed E-state index contributed by atoms with van der Waals surface area (Å²) in [6.45, 7) is 6.53. The highest BCUT2D eigenvalue weighted by Gasteiger charge is 2.26. The fraction of sp³-hybridized carbons (Fsp3) is 0.700. The smallest absolute Gasteiger partial charge is 0.0543 e. The molecule has 1 heterocycles. The van der Waals surface area contributed by atoms with E-state index in [9.17, 15) is 0 Å². The number of hydrogen-bond acceptors (Lipinski definition) is 1. The molecule has 0 aliphatic heterocycles. The van der Waals surface area contributed by atoms with Crippen molar-refractivity contribution in [3.63, 3.8) is 0 Å². The fourth-order valence-corrected chi connectivity index (χ4v) is 1.33. The van der Waals surface area contributed by atoms with E-state index in [1.165, 1.54) is 18.4 Å². The second-order valence-electron chi connectivity index (χ2n) is 4.66. The number of aromatic nitrogens is 2. The van der Waals surface area contributed by atoms with Crippen molar-refractivity contribution in [3.05, 3.63) is 18.0 Å². The summed E-state index contributed by atoms with van der Waals surface area (Å²) in [6, 6.07) is 0. The summed E-state index contributed by atoms with van der Waals surface area (Å²) in [6.07, 6.45) is 6.92. The highest BCUT2D eigenvalue weighted by Crippen LogP contribution is 2.40. The van der Waals surface area contributed by atoms with Gasteiger partial charge in [-0.25, -0.2) is 0 Å². The minimum Gasteiger partial charge on any atom is -0.267 e. The minimum absolute atomic E-state index is 0.132. The molecule has 0 atom stereocenters. The second kappa shape index (κ2) is 2.35. The van der Waals surface area contributed by atoms with E-state index >= 15 is 0 Å². The lowest BCUT2D eigenvalue weighted by Crippen LogP contribution is -2.21. The molecular weight excluding hydrogens is 148 g/mol. The molecule has 0 amide bonds. The maximum Gasteiger partial charge on any atom is 0.0543 e.